The van der Waals surface area contributed by atoms with Crippen LogP contribution in [0.25, 0.3) is 0 Å². The number of hydrogen-bond donors (Lipinski definition) is 2. The van der Waals surface area contributed by atoms with Gasteiger partial charge >= 0.3 is 0 Å². The molecule has 1 saturated carbocycles. The van der Waals surface area contributed by atoms with E-state index < -0.39 is 16.6 Å². The fraction of sp³-hybridized carbons (Fsp3) is 0.857. The van der Waals surface area contributed by atoms with Gasteiger partial charge in [-0.1, -0.05) is 11.6 Å². The largest absolute Gasteiger partial charge is 0.409 e. The van der Waals surface area contributed by atoms with E-state index in [-0.39, 0.29) is 11.7 Å². The summed E-state index contributed by atoms with van der Waals surface area (Å²) in [7, 11) is 0. The predicted molar refractivity (Wildman–Crippen MR) is 75.5 cm³/mol. The standard InChI is InChI=1S/C14H25N3O3/c1-12(2)8-17(9-13(3,4)20-12)11(18)14(6-5-7-14)10(15)16-19/h19H,5-9H2,1-4H3,(H2,15,16). The molecule has 6 nitrogen and oxygen atoms in total. The zero-order valence-corrected chi connectivity index (χ0v) is 12.8. The van der Waals surface area contributed by atoms with Crippen molar-refractivity contribution in [3.05, 3.63) is 0 Å². The van der Waals surface area contributed by atoms with E-state index >= 15 is 0 Å². The number of nitrogens with two attached hydrogens (primary N) is 1. The van der Waals surface area contributed by atoms with E-state index in [2.05, 4.69) is 5.16 Å². The van der Waals surface area contributed by atoms with Gasteiger partial charge in [0.15, 0.2) is 5.84 Å². The summed E-state index contributed by atoms with van der Waals surface area (Å²) in [6, 6.07) is 0. The van der Waals surface area contributed by atoms with Crippen LogP contribution in [-0.2, 0) is 9.53 Å². The van der Waals surface area contributed by atoms with Crippen LogP contribution in [0.3, 0.4) is 0 Å². The van der Waals surface area contributed by atoms with Gasteiger partial charge in [0.25, 0.3) is 0 Å². The summed E-state index contributed by atoms with van der Waals surface area (Å²) < 4.78 is 5.99. The van der Waals surface area contributed by atoms with Gasteiger partial charge in [-0.05, 0) is 40.5 Å². The Bertz CT molecular complexity index is 423. The lowest BCUT2D eigenvalue weighted by Crippen LogP contribution is -2.64. The number of ether oxygens (including phenoxy) is 1. The second-order valence-electron chi connectivity index (χ2n) is 7.20. The van der Waals surface area contributed by atoms with Crippen LogP contribution >= 0.6 is 0 Å². The number of amidine groups is 1. The topological polar surface area (TPSA) is 88.2 Å². The van der Waals surface area contributed by atoms with Gasteiger partial charge in [-0.15, -0.1) is 0 Å². The van der Waals surface area contributed by atoms with Crippen LogP contribution in [0.2, 0.25) is 0 Å². The average Bonchev–Trinajstić information content (AvgIpc) is 2.22. The Morgan fingerprint density at radius 2 is 1.70 bits per heavy atom. The van der Waals surface area contributed by atoms with Crippen LogP contribution in [0.1, 0.15) is 47.0 Å². The van der Waals surface area contributed by atoms with E-state index in [1.54, 1.807) is 4.90 Å². The summed E-state index contributed by atoms with van der Waals surface area (Å²) in [5.74, 6) is -0.000598. The predicted octanol–water partition coefficient (Wildman–Crippen LogP) is 1.32. The van der Waals surface area contributed by atoms with E-state index in [1.807, 2.05) is 27.7 Å². The summed E-state index contributed by atoms with van der Waals surface area (Å²) in [4.78, 5) is 14.7. The van der Waals surface area contributed by atoms with Crippen LogP contribution in [0.15, 0.2) is 5.16 Å². The molecular formula is C14H25N3O3. The SMILES string of the molecule is CC1(C)CN(C(=O)C2(C(N)=NO)CCC2)CC(C)(C)O1. The van der Waals surface area contributed by atoms with Crippen molar-refractivity contribution >= 4 is 11.7 Å². The van der Waals surface area contributed by atoms with E-state index in [0.29, 0.717) is 25.9 Å². The normalized spacial score (nSPS) is 27.8. The van der Waals surface area contributed by atoms with Crippen molar-refractivity contribution in [2.24, 2.45) is 16.3 Å². The van der Waals surface area contributed by atoms with Crippen molar-refractivity contribution in [2.45, 2.75) is 58.2 Å². The summed E-state index contributed by atoms with van der Waals surface area (Å²) in [5.41, 5.74) is 4.18. The highest BCUT2D eigenvalue weighted by molar-refractivity contribution is 6.07. The molecular weight excluding hydrogens is 258 g/mol. The molecule has 1 aliphatic carbocycles. The van der Waals surface area contributed by atoms with Gasteiger partial charge in [0.2, 0.25) is 5.91 Å². The lowest BCUT2D eigenvalue weighted by atomic mass is 9.66. The van der Waals surface area contributed by atoms with E-state index in [9.17, 15) is 4.79 Å². The molecule has 3 N–H and O–H groups in total. The number of amides is 1. The molecule has 20 heavy (non-hydrogen) atoms. The molecule has 2 rings (SSSR count). The smallest absolute Gasteiger partial charge is 0.236 e. The monoisotopic (exact) mass is 283 g/mol. The molecule has 0 atom stereocenters. The Hall–Kier alpha value is -1.30. The highest BCUT2D eigenvalue weighted by atomic mass is 16.5. The number of carbonyl (C=O) groups is 1. The first-order valence-corrected chi connectivity index (χ1v) is 7.09. The average molecular weight is 283 g/mol. The van der Waals surface area contributed by atoms with Gasteiger partial charge in [-0.25, -0.2) is 0 Å². The maximum absolute atomic E-state index is 12.9. The lowest BCUT2D eigenvalue weighted by molar-refractivity contribution is -0.193. The van der Waals surface area contributed by atoms with Crippen LogP contribution in [-0.4, -0.2) is 46.1 Å². The van der Waals surface area contributed by atoms with Crippen molar-refractivity contribution in [1.82, 2.24) is 4.90 Å². The number of hydrogen-bond acceptors (Lipinski definition) is 4. The highest BCUT2D eigenvalue weighted by Crippen LogP contribution is 2.44. The molecule has 0 aromatic carbocycles. The number of morpholine rings is 1. The minimum atomic E-state index is -0.807. The quantitative estimate of drug-likeness (QED) is 0.346. The lowest BCUT2D eigenvalue weighted by Gasteiger charge is -2.51. The fourth-order valence-corrected chi connectivity index (χ4v) is 3.44. The van der Waals surface area contributed by atoms with Crippen molar-refractivity contribution < 1.29 is 14.7 Å². The van der Waals surface area contributed by atoms with Gasteiger partial charge in [0.05, 0.1) is 11.2 Å². The van der Waals surface area contributed by atoms with Crippen molar-refractivity contribution in [3.63, 3.8) is 0 Å². The molecule has 1 heterocycles. The number of nitrogens with zero attached hydrogens (tertiary/aromatic N) is 2. The second kappa shape index (κ2) is 4.62. The van der Waals surface area contributed by atoms with E-state index in [1.165, 1.54) is 0 Å². The number of carbonyl (C=O) groups excluding carboxylic acids is 1. The van der Waals surface area contributed by atoms with Crippen LogP contribution < -0.4 is 5.73 Å². The van der Waals surface area contributed by atoms with Gasteiger partial charge in [-0.2, -0.15) is 0 Å². The zero-order chi connectivity index (χ0) is 15.2. The summed E-state index contributed by atoms with van der Waals surface area (Å²) in [6.07, 6.45) is 2.24. The highest BCUT2D eigenvalue weighted by Gasteiger charge is 2.52. The van der Waals surface area contributed by atoms with Crippen molar-refractivity contribution in [2.75, 3.05) is 13.1 Å². The first kappa shape index (κ1) is 15.1. The molecule has 0 spiro atoms. The van der Waals surface area contributed by atoms with Gasteiger partial charge in [0.1, 0.15) is 5.41 Å². The van der Waals surface area contributed by atoms with Gasteiger partial charge < -0.3 is 20.6 Å². The Balaban J connectivity index is 2.24. The van der Waals surface area contributed by atoms with Crippen molar-refractivity contribution in [1.29, 1.82) is 0 Å². The summed E-state index contributed by atoms with van der Waals surface area (Å²) in [5, 5.41) is 12.0. The maximum atomic E-state index is 12.9. The molecule has 1 aliphatic heterocycles. The van der Waals surface area contributed by atoms with Crippen LogP contribution in [0, 0.1) is 5.41 Å². The minimum Gasteiger partial charge on any atom is -0.409 e. The van der Waals surface area contributed by atoms with E-state index in [0.717, 1.165) is 6.42 Å². The Morgan fingerprint density at radius 3 is 2.05 bits per heavy atom. The summed E-state index contributed by atoms with van der Waals surface area (Å²) in [6.45, 7) is 8.96. The zero-order valence-electron chi connectivity index (χ0n) is 12.8. The van der Waals surface area contributed by atoms with Crippen LogP contribution in [0.4, 0.5) is 0 Å². The first-order valence-electron chi connectivity index (χ1n) is 7.09. The van der Waals surface area contributed by atoms with E-state index in [4.69, 9.17) is 15.7 Å². The Morgan fingerprint density at radius 1 is 1.20 bits per heavy atom. The molecule has 114 valence electrons. The minimum absolute atomic E-state index is 0.0378. The van der Waals surface area contributed by atoms with Gasteiger partial charge in [0, 0.05) is 13.1 Å². The summed E-state index contributed by atoms with van der Waals surface area (Å²) >= 11 is 0. The third kappa shape index (κ3) is 2.49. The molecule has 0 aromatic rings. The molecule has 2 fully saturated rings. The molecule has 0 radical (unpaired) electrons. The molecule has 0 aromatic heterocycles. The third-order valence-electron chi connectivity index (χ3n) is 4.20. The first-order chi connectivity index (χ1) is 9.12. The van der Waals surface area contributed by atoms with Crippen LogP contribution in [0.5, 0.6) is 0 Å². The maximum Gasteiger partial charge on any atom is 0.236 e. The number of rotatable bonds is 2. The number of oxime groups is 1. The molecule has 1 amide bonds. The molecule has 0 unspecified atom stereocenters. The Kier molecular flexibility index (Phi) is 3.48. The molecule has 0 bridgehead atoms. The third-order valence-corrected chi connectivity index (χ3v) is 4.20. The molecule has 1 saturated heterocycles. The van der Waals surface area contributed by atoms with Gasteiger partial charge in [-0.3, -0.25) is 4.79 Å². The Labute approximate surface area is 119 Å². The molecule has 2 aliphatic rings. The fourth-order valence-electron chi connectivity index (χ4n) is 3.44. The van der Waals surface area contributed by atoms with Crippen molar-refractivity contribution in [3.8, 4) is 0 Å². The second-order valence-corrected chi connectivity index (χ2v) is 7.20. The molecule has 6 heteroatoms.